The van der Waals surface area contributed by atoms with Crippen LogP contribution in [0.4, 0.5) is 0 Å². The van der Waals surface area contributed by atoms with Crippen LogP contribution in [-0.4, -0.2) is 25.8 Å². The van der Waals surface area contributed by atoms with Gasteiger partial charge in [0.15, 0.2) is 0 Å². The molecule has 2 fully saturated rings. The van der Waals surface area contributed by atoms with E-state index in [0.717, 1.165) is 19.7 Å². The van der Waals surface area contributed by atoms with Gasteiger partial charge in [0.2, 0.25) is 0 Å². The predicted molar refractivity (Wildman–Crippen MR) is 69.2 cm³/mol. The average molecular weight is 231 g/mol. The largest absolute Gasteiger partial charge is 0.377 e. The van der Waals surface area contributed by atoms with Gasteiger partial charge >= 0.3 is 0 Å². The number of benzene rings is 1. The molecule has 0 radical (unpaired) electrons. The van der Waals surface area contributed by atoms with E-state index in [-0.39, 0.29) is 0 Å². The normalized spacial score (nSPS) is 26.0. The lowest BCUT2D eigenvalue weighted by Crippen LogP contribution is -2.33. The van der Waals surface area contributed by atoms with Crippen LogP contribution < -0.4 is 5.32 Å². The molecule has 3 rings (SSSR count). The van der Waals surface area contributed by atoms with Crippen molar-refractivity contribution >= 4 is 0 Å². The van der Waals surface area contributed by atoms with Gasteiger partial charge < -0.3 is 10.1 Å². The molecule has 2 aliphatic rings. The van der Waals surface area contributed by atoms with E-state index in [1.807, 2.05) is 0 Å². The number of ether oxygens (including phenoxy) is 1. The quantitative estimate of drug-likeness (QED) is 0.840. The highest BCUT2D eigenvalue weighted by Crippen LogP contribution is 2.47. The molecule has 2 nitrogen and oxygen atoms in total. The third-order valence-corrected chi connectivity index (χ3v) is 4.10. The summed E-state index contributed by atoms with van der Waals surface area (Å²) >= 11 is 0. The molecule has 0 spiro atoms. The first-order valence-electron chi connectivity index (χ1n) is 6.77. The maximum atomic E-state index is 5.63. The molecule has 1 aromatic rings. The van der Waals surface area contributed by atoms with Crippen LogP contribution in [0.15, 0.2) is 30.3 Å². The zero-order valence-corrected chi connectivity index (χ0v) is 10.3. The lowest BCUT2D eigenvalue weighted by molar-refractivity contribution is 0.109. The van der Waals surface area contributed by atoms with Gasteiger partial charge in [-0.25, -0.2) is 0 Å². The molecule has 0 amide bonds. The summed E-state index contributed by atoms with van der Waals surface area (Å²) in [6, 6.07) is 10.9. The molecule has 1 aliphatic carbocycles. The second-order valence-corrected chi connectivity index (χ2v) is 5.41. The Hall–Kier alpha value is -0.860. The van der Waals surface area contributed by atoms with Gasteiger partial charge in [-0.1, -0.05) is 30.3 Å². The summed E-state index contributed by atoms with van der Waals surface area (Å²) < 4.78 is 5.63. The van der Waals surface area contributed by atoms with Crippen molar-refractivity contribution in [2.45, 2.75) is 37.2 Å². The molecule has 2 heteroatoms. The number of hydrogen-bond acceptors (Lipinski definition) is 2. The minimum atomic E-state index is 0.430. The van der Waals surface area contributed by atoms with Gasteiger partial charge in [0.1, 0.15) is 0 Å². The van der Waals surface area contributed by atoms with Crippen LogP contribution >= 0.6 is 0 Å². The van der Waals surface area contributed by atoms with Crippen molar-refractivity contribution in [3.05, 3.63) is 35.9 Å². The van der Waals surface area contributed by atoms with Gasteiger partial charge in [0, 0.05) is 25.1 Å². The van der Waals surface area contributed by atoms with Crippen molar-refractivity contribution in [1.29, 1.82) is 0 Å². The first-order valence-corrected chi connectivity index (χ1v) is 6.77. The molecule has 0 bridgehead atoms. The predicted octanol–water partition coefficient (Wildman–Crippen LogP) is 2.49. The van der Waals surface area contributed by atoms with Gasteiger partial charge in [0.25, 0.3) is 0 Å². The summed E-state index contributed by atoms with van der Waals surface area (Å²) in [6.45, 7) is 3.08. The molecule has 1 aromatic carbocycles. The highest BCUT2D eigenvalue weighted by atomic mass is 16.5. The monoisotopic (exact) mass is 231 g/mol. The van der Waals surface area contributed by atoms with Crippen LogP contribution in [0.3, 0.4) is 0 Å². The van der Waals surface area contributed by atoms with Crippen LogP contribution in [0.1, 0.15) is 31.2 Å². The Morgan fingerprint density at radius 1 is 1.24 bits per heavy atom. The third kappa shape index (κ3) is 2.53. The van der Waals surface area contributed by atoms with Gasteiger partial charge in [-0.3, -0.25) is 0 Å². The minimum absolute atomic E-state index is 0.430. The second kappa shape index (κ2) is 4.79. The molecule has 1 unspecified atom stereocenters. The van der Waals surface area contributed by atoms with Gasteiger partial charge in [-0.05, 0) is 31.2 Å². The topological polar surface area (TPSA) is 21.3 Å². The fourth-order valence-corrected chi connectivity index (χ4v) is 2.79. The Morgan fingerprint density at radius 3 is 2.71 bits per heavy atom. The van der Waals surface area contributed by atoms with Gasteiger partial charge in [0.05, 0.1) is 6.10 Å². The maximum Gasteiger partial charge on any atom is 0.0700 e. The molecule has 1 heterocycles. The number of rotatable bonds is 5. The first-order chi connectivity index (χ1) is 8.39. The van der Waals surface area contributed by atoms with Crippen LogP contribution in [0.2, 0.25) is 0 Å². The van der Waals surface area contributed by atoms with Crippen LogP contribution in [-0.2, 0) is 10.2 Å². The summed E-state index contributed by atoms with van der Waals surface area (Å²) in [5, 5.41) is 3.60. The molecular formula is C15H21NO. The summed E-state index contributed by atoms with van der Waals surface area (Å²) in [5.41, 5.74) is 1.93. The Morgan fingerprint density at radius 2 is 2.06 bits per heavy atom. The van der Waals surface area contributed by atoms with Gasteiger partial charge in [-0.15, -0.1) is 0 Å². The molecular weight excluding hydrogens is 210 g/mol. The summed E-state index contributed by atoms with van der Waals surface area (Å²) in [5.74, 6) is 0. The Balaban J connectivity index is 1.51. The Bertz CT molecular complexity index is 352. The van der Waals surface area contributed by atoms with Crippen molar-refractivity contribution in [1.82, 2.24) is 5.32 Å². The SMILES string of the molecule is c1ccc(C2(CNCC3CCCO3)CC2)cc1. The van der Waals surface area contributed by atoms with E-state index in [1.54, 1.807) is 0 Å². The molecule has 0 aromatic heterocycles. The smallest absolute Gasteiger partial charge is 0.0700 e. The third-order valence-electron chi connectivity index (χ3n) is 4.10. The number of hydrogen-bond donors (Lipinski definition) is 1. The Kier molecular flexibility index (Phi) is 3.17. The molecule has 1 atom stereocenters. The molecule has 92 valence electrons. The van der Waals surface area contributed by atoms with E-state index in [0.29, 0.717) is 11.5 Å². The Labute approximate surface area is 103 Å². The van der Waals surface area contributed by atoms with E-state index in [2.05, 4.69) is 35.6 Å². The standard InChI is InChI=1S/C15H21NO/c1-2-5-13(6-3-1)15(8-9-15)12-16-11-14-7-4-10-17-14/h1-3,5-6,14,16H,4,7-12H2. The fraction of sp³-hybridized carbons (Fsp3) is 0.600. The van der Waals surface area contributed by atoms with E-state index >= 15 is 0 Å². The zero-order chi connectivity index (χ0) is 11.6. The van der Waals surface area contributed by atoms with Crippen molar-refractivity contribution in [3.8, 4) is 0 Å². The van der Waals surface area contributed by atoms with Crippen LogP contribution in [0.5, 0.6) is 0 Å². The van der Waals surface area contributed by atoms with Crippen LogP contribution in [0, 0.1) is 0 Å². The van der Waals surface area contributed by atoms with Crippen molar-refractivity contribution in [2.75, 3.05) is 19.7 Å². The van der Waals surface area contributed by atoms with Crippen LogP contribution in [0.25, 0.3) is 0 Å². The molecule has 1 saturated heterocycles. The van der Waals surface area contributed by atoms with E-state index in [9.17, 15) is 0 Å². The van der Waals surface area contributed by atoms with E-state index in [4.69, 9.17) is 4.74 Å². The average Bonchev–Trinajstić information content (AvgIpc) is 2.98. The van der Waals surface area contributed by atoms with Crippen molar-refractivity contribution < 1.29 is 4.74 Å². The fourth-order valence-electron chi connectivity index (χ4n) is 2.79. The highest BCUT2D eigenvalue weighted by molar-refractivity contribution is 5.31. The zero-order valence-electron chi connectivity index (χ0n) is 10.3. The van der Waals surface area contributed by atoms with Gasteiger partial charge in [-0.2, -0.15) is 0 Å². The van der Waals surface area contributed by atoms with E-state index < -0.39 is 0 Å². The molecule has 17 heavy (non-hydrogen) atoms. The summed E-state index contributed by atoms with van der Waals surface area (Å²) in [6.07, 6.45) is 5.58. The highest BCUT2D eigenvalue weighted by Gasteiger charge is 2.43. The lowest BCUT2D eigenvalue weighted by atomic mass is 9.96. The van der Waals surface area contributed by atoms with Crippen molar-refractivity contribution in [3.63, 3.8) is 0 Å². The number of nitrogens with one attached hydrogen (secondary N) is 1. The maximum absolute atomic E-state index is 5.63. The molecule has 1 N–H and O–H groups in total. The first kappa shape index (κ1) is 11.2. The summed E-state index contributed by atoms with van der Waals surface area (Å²) in [4.78, 5) is 0. The lowest BCUT2D eigenvalue weighted by Gasteiger charge is -2.18. The summed E-state index contributed by atoms with van der Waals surface area (Å²) in [7, 11) is 0. The molecule has 1 saturated carbocycles. The minimum Gasteiger partial charge on any atom is -0.377 e. The van der Waals surface area contributed by atoms with E-state index in [1.165, 1.54) is 31.2 Å². The van der Waals surface area contributed by atoms with Crippen molar-refractivity contribution in [2.24, 2.45) is 0 Å². The molecule has 1 aliphatic heterocycles. The second-order valence-electron chi connectivity index (χ2n) is 5.41.